The molecule has 1 aliphatic rings. The van der Waals surface area contributed by atoms with Gasteiger partial charge in [-0.2, -0.15) is 0 Å². The molecular weight excluding hydrogens is 281 g/mol. The summed E-state index contributed by atoms with van der Waals surface area (Å²) in [6.45, 7) is 0.552. The van der Waals surface area contributed by atoms with Crippen LogP contribution in [0.1, 0.15) is 18.5 Å². The number of hydrogen-bond donors (Lipinski definition) is 2. The van der Waals surface area contributed by atoms with Crippen molar-refractivity contribution in [2.45, 2.75) is 25.4 Å². The van der Waals surface area contributed by atoms with Crippen molar-refractivity contribution < 1.29 is 4.39 Å². The van der Waals surface area contributed by atoms with Gasteiger partial charge in [-0.3, -0.25) is 4.79 Å². The van der Waals surface area contributed by atoms with Gasteiger partial charge in [-0.25, -0.2) is 9.37 Å². The Kier molecular flexibility index (Phi) is 3.54. The van der Waals surface area contributed by atoms with Crippen molar-refractivity contribution in [3.05, 3.63) is 51.2 Å². The first-order chi connectivity index (χ1) is 9.61. The molecule has 0 spiro atoms. The minimum absolute atomic E-state index is 0.00616. The Morgan fingerprint density at radius 3 is 2.90 bits per heavy atom. The van der Waals surface area contributed by atoms with Gasteiger partial charge in [0.2, 0.25) is 0 Å². The maximum atomic E-state index is 13.2. The standard InChI is InChI=1S/C14H13ClFN3O/c15-11-5-8(1-4-12(11)16)14-18-10(6-13(20)19-14)7-17-9-2-3-9/h1,4-6,9,17H,2-3,7H2,(H,18,19,20). The van der Waals surface area contributed by atoms with Crippen LogP contribution in [0.5, 0.6) is 0 Å². The second-order valence-electron chi connectivity index (χ2n) is 4.87. The summed E-state index contributed by atoms with van der Waals surface area (Å²) in [6.07, 6.45) is 2.34. The number of hydrogen-bond acceptors (Lipinski definition) is 3. The van der Waals surface area contributed by atoms with Crippen LogP contribution in [0.15, 0.2) is 29.1 Å². The minimum Gasteiger partial charge on any atom is -0.308 e. The first-order valence-electron chi connectivity index (χ1n) is 6.41. The number of benzene rings is 1. The largest absolute Gasteiger partial charge is 0.308 e. The molecule has 0 unspecified atom stereocenters. The molecule has 0 saturated heterocycles. The topological polar surface area (TPSA) is 57.8 Å². The fourth-order valence-electron chi connectivity index (χ4n) is 1.92. The molecule has 104 valence electrons. The molecule has 2 aromatic rings. The summed E-state index contributed by atoms with van der Waals surface area (Å²) in [5, 5.41) is 3.30. The van der Waals surface area contributed by atoms with Gasteiger partial charge in [0.15, 0.2) is 0 Å². The maximum absolute atomic E-state index is 13.2. The molecule has 0 atom stereocenters. The summed E-state index contributed by atoms with van der Waals surface area (Å²) in [6, 6.07) is 6.25. The van der Waals surface area contributed by atoms with E-state index in [-0.39, 0.29) is 10.6 Å². The molecule has 4 nitrogen and oxygen atoms in total. The normalized spacial score (nSPS) is 14.5. The van der Waals surface area contributed by atoms with Crippen molar-refractivity contribution in [3.63, 3.8) is 0 Å². The third-order valence-electron chi connectivity index (χ3n) is 3.14. The van der Waals surface area contributed by atoms with Gasteiger partial charge >= 0.3 is 0 Å². The molecule has 2 N–H and O–H groups in total. The highest BCUT2D eigenvalue weighted by molar-refractivity contribution is 6.31. The van der Waals surface area contributed by atoms with E-state index in [1.807, 2.05) is 0 Å². The number of nitrogens with one attached hydrogen (secondary N) is 2. The van der Waals surface area contributed by atoms with E-state index in [1.165, 1.54) is 37.1 Å². The van der Waals surface area contributed by atoms with Gasteiger partial charge in [-0.15, -0.1) is 0 Å². The van der Waals surface area contributed by atoms with Crippen molar-refractivity contribution in [3.8, 4) is 11.4 Å². The second-order valence-corrected chi connectivity index (χ2v) is 5.28. The predicted octanol–water partition coefficient (Wildman–Crippen LogP) is 2.48. The molecule has 1 saturated carbocycles. The molecule has 0 radical (unpaired) electrons. The molecule has 1 aromatic heterocycles. The van der Waals surface area contributed by atoms with E-state index in [0.29, 0.717) is 29.7 Å². The highest BCUT2D eigenvalue weighted by Crippen LogP contribution is 2.22. The van der Waals surface area contributed by atoms with E-state index in [0.717, 1.165) is 0 Å². The van der Waals surface area contributed by atoms with Gasteiger partial charge in [-0.05, 0) is 31.0 Å². The van der Waals surface area contributed by atoms with Crippen molar-refractivity contribution in [2.24, 2.45) is 0 Å². The molecule has 3 rings (SSSR count). The highest BCUT2D eigenvalue weighted by Gasteiger charge is 2.20. The molecule has 1 heterocycles. The van der Waals surface area contributed by atoms with Crippen LogP contribution in [0.25, 0.3) is 11.4 Å². The van der Waals surface area contributed by atoms with Crippen LogP contribution in [-0.2, 0) is 6.54 Å². The Balaban J connectivity index is 1.91. The van der Waals surface area contributed by atoms with E-state index in [1.54, 1.807) is 0 Å². The van der Waals surface area contributed by atoms with Crippen LogP contribution >= 0.6 is 11.6 Å². The Morgan fingerprint density at radius 2 is 2.20 bits per heavy atom. The summed E-state index contributed by atoms with van der Waals surface area (Å²) in [7, 11) is 0. The fraction of sp³-hybridized carbons (Fsp3) is 0.286. The van der Waals surface area contributed by atoms with Gasteiger partial charge in [0.05, 0.1) is 10.7 Å². The van der Waals surface area contributed by atoms with Crippen LogP contribution in [0, 0.1) is 5.82 Å². The molecule has 20 heavy (non-hydrogen) atoms. The van der Waals surface area contributed by atoms with Gasteiger partial charge in [0.1, 0.15) is 11.6 Å². The monoisotopic (exact) mass is 293 g/mol. The summed E-state index contributed by atoms with van der Waals surface area (Å²) in [4.78, 5) is 18.7. The summed E-state index contributed by atoms with van der Waals surface area (Å²) >= 11 is 5.75. The number of halogens is 2. The van der Waals surface area contributed by atoms with Gasteiger partial charge in [0, 0.05) is 24.2 Å². The number of rotatable bonds is 4. The number of aromatic amines is 1. The molecule has 0 bridgehead atoms. The lowest BCUT2D eigenvalue weighted by molar-refractivity contribution is 0.628. The molecule has 1 fully saturated rings. The molecule has 1 aliphatic carbocycles. The van der Waals surface area contributed by atoms with E-state index in [2.05, 4.69) is 15.3 Å². The Labute approximate surface area is 120 Å². The van der Waals surface area contributed by atoms with Crippen LogP contribution < -0.4 is 10.9 Å². The lowest BCUT2D eigenvalue weighted by Gasteiger charge is -2.06. The fourth-order valence-corrected chi connectivity index (χ4v) is 2.10. The van der Waals surface area contributed by atoms with E-state index in [9.17, 15) is 9.18 Å². The molecule has 6 heteroatoms. The van der Waals surface area contributed by atoms with E-state index >= 15 is 0 Å². The lowest BCUT2D eigenvalue weighted by atomic mass is 10.2. The summed E-state index contributed by atoms with van der Waals surface area (Å²) < 4.78 is 13.2. The highest BCUT2D eigenvalue weighted by atomic mass is 35.5. The zero-order valence-corrected chi connectivity index (χ0v) is 11.4. The number of nitrogens with zero attached hydrogens (tertiary/aromatic N) is 1. The molecular formula is C14H13ClFN3O. The first-order valence-corrected chi connectivity index (χ1v) is 6.78. The lowest BCUT2D eigenvalue weighted by Crippen LogP contribution is -2.19. The third kappa shape index (κ3) is 3.05. The van der Waals surface area contributed by atoms with Crippen molar-refractivity contribution in [1.29, 1.82) is 0 Å². The zero-order valence-electron chi connectivity index (χ0n) is 10.6. The third-order valence-corrected chi connectivity index (χ3v) is 3.43. The quantitative estimate of drug-likeness (QED) is 0.910. The summed E-state index contributed by atoms with van der Waals surface area (Å²) in [5.41, 5.74) is 1.01. The van der Waals surface area contributed by atoms with Gasteiger partial charge < -0.3 is 10.3 Å². The van der Waals surface area contributed by atoms with Crippen LogP contribution in [0.3, 0.4) is 0 Å². The first kappa shape index (κ1) is 13.3. The maximum Gasteiger partial charge on any atom is 0.251 e. The van der Waals surface area contributed by atoms with Crippen LogP contribution in [-0.4, -0.2) is 16.0 Å². The van der Waals surface area contributed by atoms with E-state index < -0.39 is 5.82 Å². The Hall–Kier alpha value is -1.72. The Morgan fingerprint density at radius 1 is 1.40 bits per heavy atom. The van der Waals surface area contributed by atoms with E-state index in [4.69, 9.17) is 11.6 Å². The molecule has 1 aromatic carbocycles. The number of aromatic nitrogens is 2. The van der Waals surface area contributed by atoms with Crippen molar-refractivity contribution in [1.82, 2.24) is 15.3 Å². The average molecular weight is 294 g/mol. The van der Waals surface area contributed by atoms with Crippen molar-refractivity contribution >= 4 is 11.6 Å². The zero-order chi connectivity index (χ0) is 14.1. The SMILES string of the molecule is O=c1cc(CNC2CC2)nc(-c2ccc(F)c(Cl)c2)[nH]1. The predicted molar refractivity (Wildman–Crippen MR) is 75.1 cm³/mol. The minimum atomic E-state index is -0.496. The van der Waals surface area contributed by atoms with Gasteiger partial charge in [-0.1, -0.05) is 11.6 Å². The Bertz CT molecular complexity index is 697. The summed E-state index contributed by atoms with van der Waals surface area (Å²) in [5.74, 6) is -0.101. The van der Waals surface area contributed by atoms with Gasteiger partial charge in [0.25, 0.3) is 5.56 Å². The average Bonchev–Trinajstić information content (AvgIpc) is 3.23. The van der Waals surface area contributed by atoms with Crippen LogP contribution in [0.4, 0.5) is 4.39 Å². The van der Waals surface area contributed by atoms with Crippen LogP contribution in [0.2, 0.25) is 5.02 Å². The van der Waals surface area contributed by atoms with Crippen molar-refractivity contribution in [2.75, 3.05) is 0 Å². The molecule has 0 amide bonds. The molecule has 0 aliphatic heterocycles. The number of H-pyrrole nitrogens is 1. The smallest absolute Gasteiger partial charge is 0.251 e. The second kappa shape index (κ2) is 5.34.